The van der Waals surface area contributed by atoms with Crippen LogP contribution in [0.2, 0.25) is 0 Å². The monoisotopic (exact) mass is 443 g/mol. The van der Waals surface area contributed by atoms with Crippen LogP contribution in [-0.2, 0) is 14.3 Å². The largest absolute Gasteiger partial charge is 0.508 e. The van der Waals surface area contributed by atoms with E-state index in [2.05, 4.69) is 16.7 Å². The first kappa shape index (κ1) is 25.1. The quantitative estimate of drug-likeness (QED) is 0.462. The molecular formula is C24H33N3O5. The van der Waals surface area contributed by atoms with E-state index >= 15 is 0 Å². The zero-order chi connectivity index (χ0) is 23.9. The molecule has 0 aliphatic heterocycles. The minimum Gasteiger partial charge on any atom is -0.508 e. The summed E-state index contributed by atoms with van der Waals surface area (Å²) < 4.78 is 5.14. The molecule has 0 heterocycles. The maximum Gasteiger partial charge on any atom is 0.408 e. The topological polar surface area (TPSA) is 108 Å². The third kappa shape index (κ3) is 7.19. The molecule has 1 saturated carbocycles. The Morgan fingerprint density at radius 1 is 1.25 bits per heavy atom. The number of rotatable bonds is 6. The highest BCUT2D eigenvalue weighted by Gasteiger charge is 2.33. The zero-order valence-corrected chi connectivity index (χ0v) is 19.2. The van der Waals surface area contributed by atoms with Crippen molar-refractivity contribution >= 4 is 17.9 Å². The van der Waals surface area contributed by atoms with Gasteiger partial charge < -0.3 is 20.5 Å². The minimum absolute atomic E-state index is 0.0200. The maximum atomic E-state index is 13.3. The maximum absolute atomic E-state index is 13.3. The number of phenolic OH excluding ortho intramolecular Hbond substituents is 1. The second-order valence-corrected chi connectivity index (χ2v) is 9.04. The van der Waals surface area contributed by atoms with Gasteiger partial charge in [0.1, 0.15) is 23.9 Å². The number of ether oxygens (including phenoxy) is 1. The Hall–Kier alpha value is -3.21. The minimum atomic E-state index is -1.10. The lowest BCUT2D eigenvalue weighted by atomic mass is 9.94. The lowest BCUT2D eigenvalue weighted by Gasteiger charge is -2.30. The highest BCUT2D eigenvalue weighted by Crippen LogP contribution is 2.27. The van der Waals surface area contributed by atoms with Crippen molar-refractivity contribution in [3.63, 3.8) is 0 Å². The molecule has 1 atom stereocenters. The molecule has 0 aromatic heterocycles. The van der Waals surface area contributed by atoms with Crippen molar-refractivity contribution in [2.45, 2.75) is 77.5 Å². The molecule has 3 amide bonds. The third-order valence-electron chi connectivity index (χ3n) is 5.19. The van der Waals surface area contributed by atoms with Crippen LogP contribution in [0.25, 0.3) is 0 Å². The van der Waals surface area contributed by atoms with Gasteiger partial charge in [-0.15, -0.1) is 0 Å². The number of carbonyl (C=O) groups is 3. The number of terminal acetylenes is 1. The molecule has 0 spiro atoms. The molecule has 174 valence electrons. The number of amides is 3. The van der Waals surface area contributed by atoms with E-state index in [0.29, 0.717) is 11.1 Å². The van der Waals surface area contributed by atoms with Gasteiger partial charge in [0.2, 0.25) is 5.91 Å². The highest BCUT2D eigenvalue weighted by molar-refractivity contribution is 5.91. The molecule has 0 radical (unpaired) electrons. The van der Waals surface area contributed by atoms with E-state index < -0.39 is 36.1 Å². The third-order valence-corrected chi connectivity index (χ3v) is 5.19. The number of carbonyl (C=O) groups excluding carboxylic acids is 3. The van der Waals surface area contributed by atoms with Crippen molar-refractivity contribution in [3.8, 4) is 18.2 Å². The van der Waals surface area contributed by atoms with Crippen molar-refractivity contribution in [2.75, 3.05) is 6.54 Å². The Kier molecular flexibility index (Phi) is 8.53. The smallest absolute Gasteiger partial charge is 0.408 e. The lowest BCUT2D eigenvalue weighted by Crippen LogP contribution is -2.48. The van der Waals surface area contributed by atoms with Crippen LogP contribution in [-0.4, -0.2) is 46.1 Å². The average molecular weight is 444 g/mol. The van der Waals surface area contributed by atoms with Crippen LogP contribution >= 0.6 is 0 Å². The SMILES string of the molecule is C#CN(C(=O)CNC(=O)OC(C)(C)C)C(C(=O)NC1CCCCC1)c1ccc(O)c(C)c1. The van der Waals surface area contributed by atoms with Gasteiger partial charge >= 0.3 is 6.09 Å². The predicted octanol–water partition coefficient (Wildman–Crippen LogP) is 3.13. The Bertz CT molecular complexity index is 879. The van der Waals surface area contributed by atoms with Gasteiger partial charge in [-0.05, 0) is 63.8 Å². The standard InChI is InChI=1S/C24H33N3O5/c1-6-27(20(29)15-25-23(31)32-24(3,4)5)21(17-12-13-19(28)16(2)14-17)22(30)26-18-10-8-7-9-11-18/h1,12-14,18,21,28H,7-11,15H2,2-5H3,(H,25,31)(H,26,30). The van der Waals surface area contributed by atoms with Gasteiger partial charge in [0.05, 0.1) is 0 Å². The molecule has 3 N–H and O–H groups in total. The summed E-state index contributed by atoms with van der Waals surface area (Å²) in [5.41, 5.74) is 0.303. The average Bonchev–Trinajstić information content (AvgIpc) is 2.71. The zero-order valence-electron chi connectivity index (χ0n) is 19.2. The molecule has 1 aliphatic carbocycles. The van der Waals surface area contributed by atoms with Crippen LogP contribution in [0, 0.1) is 19.4 Å². The summed E-state index contributed by atoms with van der Waals surface area (Å²) in [6.07, 6.45) is 9.83. The van der Waals surface area contributed by atoms with E-state index in [1.165, 1.54) is 6.07 Å². The Morgan fingerprint density at radius 3 is 2.47 bits per heavy atom. The number of aryl methyl sites for hydroxylation is 1. The fraction of sp³-hybridized carbons (Fsp3) is 0.542. The lowest BCUT2D eigenvalue weighted by molar-refractivity contribution is -0.137. The predicted molar refractivity (Wildman–Crippen MR) is 121 cm³/mol. The number of phenols is 1. The van der Waals surface area contributed by atoms with Gasteiger partial charge in [-0.25, -0.2) is 4.79 Å². The fourth-order valence-corrected chi connectivity index (χ4v) is 3.63. The summed E-state index contributed by atoms with van der Waals surface area (Å²) in [5.74, 6) is -0.955. The van der Waals surface area contributed by atoms with E-state index in [0.717, 1.165) is 37.0 Å². The highest BCUT2D eigenvalue weighted by atomic mass is 16.6. The van der Waals surface area contributed by atoms with Crippen molar-refractivity contribution in [3.05, 3.63) is 29.3 Å². The van der Waals surface area contributed by atoms with Gasteiger partial charge in [0.15, 0.2) is 0 Å². The van der Waals surface area contributed by atoms with Crippen molar-refractivity contribution in [1.29, 1.82) is 0 Å². The summed E-state index contributed by atoms with van der Waals surface area (Å²) in [6, 6.07) is 5.86. The van der Waals surface area contributed by atoms with Crippen LogP contribution < -0.4 is 10.6 Å². The molecule has 8 heteroatoms. The van der Waals surface area contributed by atoms with Crippen LogP contribution in [0.15, 0.2) is 18.2 Å². The van der Waals surface area contributed by atoms with E-state index in [9.17, 15) is 19.5 Å². The number of nitrogens with one attached hydrogen (secondary N) is 2. The van der Waals surface area contributed by atoms with Crippen LogP contribution in [0.4, 0.5) is 4.79 Å². The summed E-state index contributed by atoms with van der Waals surface area (Å²) in [7, 11) is 0. The number of aromatic hydroxyl groups is 1. The molecule has 0 saturated heterocycles. The van der Waals surface area contributed by atoms with E-state index in [1.807, 2.05) is 0 Å². The summed E-state index contributed by atoms with van der Waals surface area (Å²) >= 11 is 0. The Morgan fingerprint density at radius 2 is 1.91 bits per heavy atom. The molecular weight excluding hydrogens is 410 g/mol. The van der Waals surface area contributed by atoms with Gasteiger partial charge in [0, 0.05) is 12.1 Å². The fourth-order valence-electron chi connectivity index (χ4n) is 3.63. The molecule has 0 bridgehead atoms. The summed E-state index contributed by atoms with van der Waals surface area (Å²) in [5, 5.41) is 15.3. The Labute approximate surface area is 189 Å². The second kappa shape index (κ2) is 10.9. The van der Waals surface area contributed by atoms with Crippen LogP contribution in [0.5, 0.6) is 5.75 Å². The number of benzene rings is 1. The van der Waals surface area contributed by atoms with Gasteiger partial charge in [0.25, 0.3) is 5.91 Å². The number of hydrogen-bond donors (Lipinski definition) is 3. The molecule has 1 fully saturated rings. The normalized spacial score (nSPS) is 15.2. The molecule has 1 unspecified atom stereocenters. The van der Waals surface area contributed by atoms with Gasteiger partial charge in [-0.1, -0.05) is 31.8 Å². The van der Waals surface area contributed by atoms with Crippen LogP contribution in [0.1, 0.15) is 70.0 Å². The number of nitrogens with zero attached hydrogens (tertiary/aromatic N) is 1. The van der Waals surface area contributed by atoms with Crippen molar-refractivity contribution in [1.82, 2.24) is 15.5 Å². The first-order valence-electron chi connectivity index (χ1n) is 10.9. The van der Waals surface area contributed by atoms with Crippen molar-refractivity contribution in [2.24, 2.45) is 0 Å². The molecule has 1 aromatic rings. The molecule has 2 rings (SSSR count). The molecule has 1 aromatic carbocycles. The van der Waals surface area contributed by atoms with Gasteiger partial charge in [-0.3, -0.25) is 14.5 Å². The first-order valence-corrected chi connectivity index (χ1v) is 10.9. The summed E-state index contributed by atoms with van der Waals surface area (Å²) in [4.78, 5) is 39.1. The Balaban J connectivity index is 2.23. The van der Waals surface area contributed by atoms with E-state index in [-0.39, 0.29) is 11.8 Å². The van der Waals surface area contributed by atoms with Crippen LogP contribution in [0.3, 0.4) is 0 Å². The molecule has 8 nitrogen and oxygen atoms in total. The second-order valence-electron chi connectivity index (χ2n) is 9.04. The van der Waals surface area contributed by atoms with E-state index in [1.54, 1.807) is 39.8 Å². The number of hydrogen-bond acceptors (Lipinski definition) is 5. The van der Waals surface area contributed by atoms with E-state index in [4.69, 9.17) is 11.2 Å². The molecule has 32 heavy (non-hydrogen) atoms. The molecule has 1 aliphatic rings. The first-order chi connectivity index (χ1) is 15.0. The van der Waals surface area contributed by atoms with Gasteiger partial charge in [-0.2, -0.15) is 0 Å². The number of alkyl carbamates (subject to hydrolysis) is 1. The summed E-state index contributed by atoms with van der Waals surface area (Å²) in [6.45, 7) is 6.40. The van der Waals surface area contributed by atoms with Crippen molar-refractivity contribution < 1.29 is 24.2 Å².